The van der Waals surface area contributed by atoms with Crippen LogP contribution in [0.15, 0.2) is 24.8 Å². The Morgan fingerprint density at radius 2 is 2.19 bits per heavy atom. The molecular weight excluding hydrogens is 204 g/mol. The first kappa shape index (κ1) is 12.4. The highest BCUT2D eigenvalue weighted by Gasteiger charge is 2.26. The van der Waals surface area contributed by atoms with Crippen molar-refractivity contribution in [3.63, 3.8) is 0 Å². The molecule has 86 valence electrons. The van der Waals surface area contributed by atoms with Crippen molar-refractivity contribution in [2.75, 3.05) is 5.32 Å². The number of aromatic nitrogens is 1. The second kappa shape index (κ2) is 4.45. The minimum Gasteiger partial charge on any atom is -0.376 e. The summed E-state index contributed by atoms with van der Waals surface area (Å²) in [5.74, 6) is -0.517. The molecule has 0 saturated carbocycles. The van der Waals surface area contributed by atoms with Gasteiger partial charge in [-0.2, -0.15) is 0 Å². The monoisotopic (exact) mass is 220 g/mol. The van der Waals surface area contributed by atoms with E-state index in [0.29, 0.717) is 11.4 Å². The molecule has 0 aromatic carbocycles. The number of nitrogens with zero attached hydrogens (tertiary/aromatic N) is 1. The van der Waals surface area contributed by atoms with Crippen LogP contribution in [0.2, 0.25) is 0 Å². The molecule has 1 unspecified atom stereocenters. The first-order valence-electron chi connectivity index (χ1n) is 4.98. The number of pyridine rings is 1. The highest BCUT2D eigenvalue weighted by Crippen LogP contribution is 2.15. The maximum absolute atomic E-state index is 11.6. The van der Waals surface area contributed by atoms with Crippen molar-refractivity contribution >= 4 is 11.6 Å². The molecule has 0 aliphatic carbocycles. The number of carbonyl (C=O) groups excluding carboxylic acids is 1. The Morgan fingerprint density at radius 3 is 2.69 bits per heavy atom. The highest BCUT2D eigenvalue weighted by atomic mass is 16.3. The molecule has 1 aromatic rings. The minimum absolute atomic E-state index is 0.517. The van der Waals surface area contributed by atoms with Gasteiger partial charge in [-0.3, -0.25) is 9.78 Å². The Morgan fingerprint density at radius 1 is 1.56 bits per heavy atom. The standard InChI is InChI=1S/C12H16N2O2/c1-5-12(4,16)11(15)14-10-7-6-8(2)13-9(10)3/h5-7,16H,1H2,2-4H3,(H,14,15). The van der Waals surface area contributed by atoms with E-state index >= 15 is 0 Å². The van der Waals surface area contributed by atoms with Crippen molar-refractivity contribution < 1.29 is 9.90 Å². The third-order valence-corrected chi connectivity index (χ3v) is 2.33. The van der Waals surface area contributed by atoms with Crippen molar-refractivity contribution in [1.29, 1.82) is 0 Å². The summed E-state index contributed by atoms with van der Waals surface area (Å²) in [6, 6.07) is 3.56. The lowest BCUT2D eigenvalue weighted by molar-refractivity contribution is -0.128. The molecule has 1 aromatic heterocycles. The van der Waals surface area contributed by atoms with E-state index in [2.05, 4.69) is 16.9 Å². The summed E-state index contributed by atoms with van der Waals surface area (Å²) in [7, 11) is 0. The molecule has 4 nitrogen and oxygen atoms in total. The van der Waals surface area contributed by atoms with Crippen LogP contribution in [0.1, 0.15) is 18.3 Å². The van der Waals surface area contributed by atoms with E-state index in [-0.39, 0.29) is 0 Å². The van der Waals surface area contributed by atoms with E-state index in [4.69, 9.17) is 0 Å². The van der Waals surface area contributed by atoms with Gasteiger partial charge >= 0.3 is 0 Å². The number of hydrogen-bond acceptors (Lipinski definition) is 3. The SMILES string of the molecule is C=CC(C)(O)C(=O)Nc1ccc(C)nc1C. The van der Waals surface area contributed by atoms with Crippen LogP contribution >= 0.6 is 0 Å². The maximum atomic E-state index is 11.6. The molecule has 0 spiro atoms. The number of anilines is 1. The van der Waals surface area contributed by atoms with Crippen LogP contribution in [0.25, 0.3) is 0 Å². The second-order valence-corrected chi connectivity index (χ2v) is 3.89. The van der Waals surface area contributed by atoms with E-state index in [1.54, 1.807) is 19.1 Å². The maximum Gasteiger partial charge on any atom is 0.260 e. The highest BCUT2D eigenvalue weighted by molar-refractivity contribution is 5.98. The van der Waals surface area contributed by atoms with E-state index in [0.717, 1.165) is 5.69 Å². The number of carbonyl (C=O) groups is 1. The zero-order valence-electron chi connectivity index (χ0n) is 9.74. The van der Waals surface area contributed by atoms with Crippen molar-refractivity contribution in [2.45, 2.75) is 26.4 Å². The van der Waals surface area contributed by atoms with E-state index in [9.17, 15) is 9.90 Å². The van der Waals surface area contributed by atoms with Gasteiger partial charge in [0.2, 0.25) is 0 Å². The zero-order valence-corrected chi connectivity index (χ0v) is 9.74. The lowest BCUT2D eigenvalue weighted by Crippen LogP contribution is -2.38. The first-order chi connectivity index (χ1) is 7.36. The van der Waals surface area contributed by atoms with Crippen LogP contribution < -0.4 is 5.32 Å². The molecule has 0 aliphatic rings. The van der Waals surface area contributed by atoms with Gasteiger partial charge < -0.3 is 10.4 Å². The smallest absolute Gasteiger partial charge is 0.260 e. The number of rotatable bonds is 3. The fourth-order valence-electron chi connectivity index (χ4n) is 1.16. The Labute approximate surface area is 95.0 Å². The van der Waals surface area contributed by atoms with E-state index in [1.165, 1.54) is 13.0 Å². The van der Waals surface area contributed by atoms with Crippen LogP contribution in [0.5, 0.6) is 0 Å². The predicted molar refractivity (Wildman–Crippen MR) is 63.2 cm³/mol. The van der Waals surface area contributed by atoms with Gasteiger partial charge in [0.1, 0.15) is 0 Å². The fourth-order valence-corrected chi connectivity index (χ4v) is 1.16. The van der Waals surface area contributed by atoms with Crippen molar-refractivity contribution in [3.8, 4) is 0 Å². The van der Waals surface area contributed by atoms with E-state index in [1.807, 2.05) is 6.92 Å². The van der Waals surface area contributed by atoms with Crippen LogP contribution in [0, 0.1) is 13.8 Å². The molecule has 0 saturated heterocycles. The van der Waals surface area contributed by atoms with Gasteiger partial charge in [0.15, 0.2) is 5.60 Å². The van der Waals surface area contributed by atoms with Crippen LogP contribution in [-0.2, 0) is 4.79 Å². The molecule has 0 fully saturated rings. The molecule has 1 rings (SSSR count). The molecule has 0 radical (unpaired) electrons. The summed E-state index contributed by atoms with van der Waals surface area (Å²) in [6.07, 6.45) is 1.19. The molecule has 2 N–H and O–H groups in total. The summed E-state index contributed by atoms with van der Waals surface area (Å²) >= 11 is 0. The molecule has 16 heavy (non-hydrogen) atoms. The van der Waals surface area contributed by atoms with Gasteiger partial charge in [-0.25, -0.2) is 0 Å². The van der Waals surface area contributed by atoms with Gasteiger partial charge in [-0.05, 0) is 32.9 Å². The molecular formula is C12H16N2O2. The summed E-state index contributed by atoms with van der Waals surface area (Å²) in [4.78, 5) is 15.9. The Bertz CT molecular complexity index is 425. The number of hydrogen-bond donors (Lipinski definition) is 2. The normalized spacial score (nSPS) is 14.0. The number of aliphatic hydroxyl groups is 1. The van der Waals surface area contributed by atoms with Crippen molar-refractivity contribution in [3.05, 3.63) is 36.2 Å². The van der Waals surface area contributed by atoms with Gasteiger partial charge in [-0.15, -0.1) is 0 Å². The van der Waals surface area contributed by atoms with Crippen LogP contribution in [0.3, 0.4) is 0 Å². The Kier molecular flexibility index (Phi) is 3.44. The summed E-state index contributed by atoms with van der Waals surface area (Å²) in [6.45, 7) is 8.46. The topological polar surface area (TPSA) is 62.2 Å². The predicted octanol–water partition coefficient (Wildman–Crippen LogP) is 1.57. The molecule has 0 bridgehead atoms. The van der Waals surface area contributed by atoms with Gasteiger partial charge in [0.05, 0.1) is 11.4 Å². The van der Waals surface area contributed by atoms with E-state index < -0.39 is 11.5 Å². The number of aryl methyl sites for hydroxylation is 2. The second-order valence-electron chi connectivity index (χ2n) is 3.89. The zero-order chi connectivity index (χ0) is 12.3. The quantitative estimate of drug-likeness (QED) is 0.760. The van der Waals surface area contributed by atoms with Crippen LogP contribution in [-0.4, -0.2) is 21.6 Å². The molecule has 1 heterocycles. The minimum atomic E-state index is -1.57. The van der Waals surface area contributed by atoms with Crippen LogP contribution in [0.4, 0.5) is 5.69 Å². The van der Waals surface area contributed by atoms with Gasteiger partial charge in [0.25, 0.3) is 5.91 Å². The average molecular weight is 220 g/mol. The third kappa shape index (κ3) is 2.67. The number of nitrogens with one attached hydrogen (secondary N) is 1. The van der Waals surface area contributed by atoms with Gasteiger partial charge in [0, 0.05) is 5.69 Å². The number of amides is 1. The third-order valence-electron chi connectivity index (χ3n) is 2.33. The molecule has 0 aliphatic heterocycles. The van der Waals surface area contributed by atoms with Crippen molar-refractivity contribution in [2.24, 2.45) is 0 Å². The first-order valence-corrected chi connectivity index (χ1v) is 4.98. The summed E-state index contributed by atoms with van der Waals surface area (Å²) < 4.78 is 0. The molecule has 1 amide bonds. The average Bonchev–Trinajstić information content (AvgIpc) is 2.22. The Hall–Kier alpha value is -1.68. The lowest BCUT2D eigenvalue weighted by atomic mass is 10.1. The van der Waals surface area contributed by atoms with Crippen molar-refractivity contribution in [1.82, 2.24) is 4.98 Å². The fraction of sp³-hybridized carbons (Fsp3) is 0.333. The largest absolute Gasteiger partial charge is 0.376 e. The summed E-state index contributed by atoms with van der Waals surface area (Å²) in [5.41, 5.74) is 0.619. The lowest BCUT2D eigenvalue weighted by Gasteiger charge is -2.18. The molecule has 1 atom stereocenters. The Balaban J connectivity index is 2.89. The van der Waals surface area contributed by atoms with Gasteiger partial charge in [-0.1, -0.05) is 12.7 Å². The molecule has 4 heteroatoms. The summed E-state index contributed by atoms with van der Waals surface area (Å²) in [5, 5.41) is 12.3.